The number of aromatic amines is 1. The van der Waals surface area contributed by atoms with Gasteiger partial charge in [0, 0.05) is 18.8 Å². The van der Waals surface area contributed by atoms with E-state index in [9.17, 15) is 9.59 Å². The van der Waals surface area contributed by atoms with Crippen molar-refractivity contribution in [1.29, 1.82) is 5.26 Å². The summed E-state index contributed by atoms with van der Waals surface area (Å²) in [5.74, 6) is -0.280. The molecule has 5 heteroatoms. The molecule has 118 valence electrons. The van der Waals surface area contributed by atoms with Crippen LogP contribution in [0.15, 0.2) is 41.2 Å². The van der Waals surface area contributed by atoms with Crippen molar-refractivity contribution in [2.75, 3.05) is 6.54 Å². The lowest BCUT2D eigenvalue weighted by Crippen LogP contribution is -2.35. The molecule has 23 heavy (non-hydrogen) atoms. The zero-order chi connectivity index (χ0) is 16.8. The van der Waals surface area contributed by atoms with E-state index in [4.69, 9.17) is 5.26 Å². The highest BCUT2D eigenvalue weighted by molar-refractivity contribution is 5.93. The molecule has 1 aromatic heterocycles. The fourth-order valence-corrected chi connectivity index (χ4v) is 2.34. The predicted octanol–water partition coefficient (Wildman–Crippen LogP) is 2.61. The van der Waals surface area contributed by atoms with Crippen molar-refractivity contribution in [2.24, 2.45) is 0 Å². The maximum Gasteiger partial charge on any atom is 0.260 e. The highest BCUT2D eigenvalue weighted by Gasteiger charge is 2.18. The van der Waals surface area contributed by atoms with E-state index in [1.54, 1.807) is 36.1 Å². The van der Waals surface area contributed by atoms with Crippen LogP contribution in [0.1, 0.15) is 40.5 Å². The molecule has 0 spiro atoms. The molecule has 5 nitrogen and oxygen atoms in total. The molecule has 0 aliphatic carbocycles. The Kier molecular flexibility index (Phi) is 5.32. The summed E-state index contributed by atoms with van der Waals surface area (Å²) in [6, 6.07) is 12.5. The molecule has 0 unspecified atom stereocenters. The Bertz CT molecular complexity index is 785. The van der Waals surface area contributed by atoms with Crippen LogP contribution in [0.25, 0.3) is 0 Å². The van der Waals surface area contributed by atoms with Crippen molar-refractivity contribution in [1.82, 2.24) is 9.88 Å². The minimum Gasteiger partial charge on any atom is -0.334 e. The van der Waals surface area contributed by atoms with Crippen molar-refractivity contribution < 1.29 is 4.79 Å². The third-order valence-electron chi connectivity index (χ3n) is 3.52. The first-order valence-corrected chi connectivity index (χ1v) is 7.53. The van der Waals surface area contributed by atoms with Crippen molar-refractivity contribution in [2.45, 2.75) is 26.8 Å². The van der Waals surface area contributed by atoms with E-state index in [-0.39, 0.29) is 17.0 Å². The number of pyridine rings is 1. The molecule has 2 rings (SSSR count). The molecular formula is C18H19N3O2. The quantitative estimate of drug-likeness (QED) is 0.922. The fraction of sp³-hybridized carbons (Fsp3) is 0.278. The van der Waals surface area contributed by atoms with Gasteiger partial charge in [0.15, 0.2) is 0 Å². The maximum atomic E-state index is 12.6. The van der Waals surface area contributed by atoms with Gasteiger partial charge in [-0.25, -0.2) is 0 Å². The van der Waals surface area contributed by atoms with Crippen molar-refractivity contribution in [3.05, 3.63) is 69.1 Å². The number of benzene rings is 1. The Balaban J connectivity index is 2.24. The van der Waals surface area contributed by atoms with Gasteiger partial charge >= 0.3 is 0 Å². The van der Waals surface area contributed by atoms with Gasteiger partial charge in [-0.2, -0.15) is 5.26 Å². The lowest BCUT2D eigenvalue weighted by Gasteiger charge is -2.22. The number of amides is 1. The minimum absolute atomic E-state index is 0.151. The maximum absolute atomic E-state index is 12.6. The average molecular weight is 309 g/mol. The van der Waals surface area contributed by atoms with Crippen LogP contribution in [0.5, 0.6) is 0 Å². The highest BCUT2D eigenvalue weighted by atomic mass is 16.2. The molecule has 0 saturated heterocycles. The summed E-state index contributed by atoms with van der Waals surface area (Å²) in [6.45, 7) is 4.73. The van der Waals surface area contributed by atoms with Gasteiger partial charge in [-0.05, 0) is 43.2 Å². The molecule has 0 bridgehead atoms. The normalized spacial score (nSPS) is 10.1. The number of hydrogen-bond acceptors (Lipinski definition) is 3. The van der Waals surface area contributed by atoms with Crippen molar-refractivity contribution in [3.8, 4) is 6.07 Å². The Hall–Kier alpha value is -2.87. The van der Waals surface area contributed by atoms with Gasteiger partial charge in [0.2, 0.25) is 0 Å². The third-order valence-corrected chi connectivity index (χ3v) is 3.52. The zero-order valence-corrected chi connectivity index (χ0v) is 13.3. The first-order valence-electron chi connectivity index (χ1n) is 7.53. The van der Waals surface area contributed by atoms with Crippen LogP contribution in [0.3, 0.4) is 0 Å². The van der Waals surface area contributed by atoms with Crippen LogP contribution >= 0.6 is 0 Å². The fourth-order valence-electron chi connectivity index (χ4n) is 2.34. The molecule has 1 heterocycles. The summed E-state index contributed by atoms with van der Waals surface area (Å²) < 4.78 is 0. The SMILES string of the molecule is CCCN(Cc1ccc(C#N)cc1)C(=O)c1ccc(C)[nH]c1=O. The molecule has 2 aromatic rings. The Labute approximate surface area is 135 Å². The Morgan fingerprint density at radius 3 is 2.48 bits per heavy atom. The number of carbonyl (C=O) groups is 1. The van der Waals surface area contributed by atoms with E-state index in [0.29, 0.717) is 18.7 Å². The number of H-pyrrole nitrogens is 1. The number of carbonyl (C=O) groups excluding carboxylic acids is 1. The predicted molar refractivity (Wildman–Crippen MR) is 88.0 cm³/mol. The number of rotatable bonds is 5. The van der Waals surface area contributed by atoms with Gasteiger partial charge in [-0.15, -0.1) is 0 Å². The average Bonchev–Trinajstić information content (AvgIpc) is 2.54. The molecule has 0 aliphatic heterocycles. The second-order valence-electron chi connectivity index (χ2n) is 5.42. The first kappa shape index (κ1) is 16.5. The molecule has 0 saturated carbocycles. The summed E-state index contributed by atoms with van der Waals surface area (Å²) >= 11 is 0. The van der Waals surface area contributed by atoms with Crippen LogP contribution in [0.2, 0.25) is 0 Å². The highest BCUT2D eigenvalue weighted by Crippen LogP contribution is 2.10. The lowest BCUT2D eigenvalue weighted by atomic mass is 10.1. The van der Waals surface area contributed by atoms with Crippen molar-refractivity contribution in [3.63, 3.8) is 0 Å². The Morgan fingerprint density at radius 1 is 1.22 bits per heavy atom. The summed E-state index contributed by atoms with van der Waals surface area (Å²) in [4.78, 5) is 28.9. The largest absolute Gasteiger partial charge is 0.334 e. The molecular weight excluding hydrogens is 290 g/mol. The van der Waals surface area contributed by atoms with Crippen LogP contribution in [-0.4, -0.2) is 22.3 Å². The number of aryl methyl sites for hydroxylation is 1. The van der Waals surface area contributed by atoms with Crippen LogP contribution in [0, 0.1) is 18.3 Å². The van der Waals surface area contributed by atoms with E-state index < -0.39 is 0 Å². The first-order chi connectivity index (χ1) is 11.0. The summed E-state index contributed by atoms with van der Waals surface area (Å²) in [5, 5.41) is 8.83. The minimum atomic E-state index is -0.365. The smallest absolute Gasteiger partial charge is 0.260 e. The molecule has 0 radical (unpaired) electrons. The second-order valence-corrected chi connectivity index (χ2v) is 5.42. The molecule has 1 aromatic carbocycles. The lowest BCUT2D eigenvalue weighted by molar-refractivity contribution is 0.0741. The van der Waals surface area contributed by atoms with E-state index >= 15 is 0 Å². The molecule has 1 amide bonds. The summed E-state index contributed by atoms with van der Waals surface area (Å²) in [7, 11) is 0. The molecule has 1 N–H and O–H groups in total. The van der Waals surface area contributed by atoms with E-state index in [1.807, 2.05) is 19.1 Å². The van der Waals surface area contributed by atoms with Gasteiger partial charge in [-0.1, -0.05) is 19.1 Å². The summed E-state index contributed by atoms with van der Waals surface area (Å²) in [6.07, 6.45) is 0.797. The van der Waals surface area contributed by atoms with Crippen LogP contribution in [-0.2, 0) is 6.54 Å². The number of aromatic nitrogens is 1. The van der Waals surface area contributed by atoms with Gasteiger partial charge < -0.3 is 9.88 Å². The summed E-state index contributed by atoms with van der Waals surface area (Å²) in [5.41, 5.74) is 2.01. The monoisotopic (exact) mass is 309 g/mol. The van der Waals surface area contributed by atoms with Gasteiger partial charge in [0.05, 0.1) is 11.6 Å². The topological polar surface area (TPSA) is 77.0 Å². The Morgan fingerprint density at radius 2 is 1.91 bits per heavy atom. The van der Waals surface area contributed by atoms with E-state index in [0.717, 1.165) is 17.7 Å². The van der Waals surface area contributed by atoms with Gasteiger partial charge in [-0.3, -0.25) is 9.59 Å². The number of nitrogens with zero attached hydrogens (tertiary/aromatic N) is 2. The van der Waals surface area contributed by atoms with Gasteiger partial charge in [0.1, 0.15) is 5.56 Å². The van der Waals surface area contributed by atoms with Crippen LogP contribution in [0.4, 0.5) is 0 Å². The van der Waals surface area contributed by atoms with E-state index in [1.165, 1.54) is 0 Å². The zero-order valence-electron chi connectivity index (χ0n) is 13.3. The number of nitrogens with one attached hydrogen (secondary N) is 1. The third kappa shape index (κ3) is 4.07. The molecule has 0 fully saturated rings. The number of hydrogen-bond donors (Lipinski definition) is 1. The standard InChI is InChI=1S/C18H19N3O2/c1-3-10-21(12-15-7-5-14(11-19)6-8-15)18(23)16-9-4-13(2)20-17(16)22/h4-9H,3,10,12H2,1-2H3,(H,20,22). The van der Waals surface area contributed by atoms with E-state index in [2.05, 4.69) is 11.1 Å². The van der Waals surface area contributed by atoms with Crippen LogP contribution < -0.4 is 5.56 Å². The molecule has 0 atom stereocenters. The molecule has 0 aliphatic rings. The number of nitriles is 1. The van der Waals surface area contributed by atoms with Crippen molar-refractivity contribution >= 4 is 5.91 Å². The van der Waals surface area contributed by atoms with Gasteiger partial charge in [0.25, 0.3) is 11.5 Å². The second kappa shape index (κ2) is 7.41.